The molecule has 3 rings (SSSR count). The van der Waals surface area contributed by atoms with Crippen molar-refractivity contribution >= 4 is 33.2 Å². The van der Waals surface area contributed by atoms with Crippen LogP contribution in [0.2, 0.25) is 0 Å². The Balaban J connectivity index is 1.58. The van der Waals surface area contributed by atoms with Crippen LogP contribution in [0.25, 0.3) is 0 Å². The molecule has 2 heterocycles. The van der Waals surface area contributed by atoms with Crippen molar-refractivity contribution in [2.24, 2.45) is 5.92 Å². The molecule has 120 valence electrons. The maximum Gasteiger partial charge on any atom is 0.227 e. The van der Waals surface area contributed by atoms with Crippen molar-refractivity contribution in [2.75, 3.05) is 23.3 Å². The first-order valence-corrected chi connectivity index (χ1v) is 8.33. The molecule has 0 spiro atoms. The number of hydrogen-bond donors (Lipinski definition) is 1. The molecule has 0 bridgehead atoms. The molecule has 0 unspecified atom stereocenters. The lowest BCUT2D eigenvalue weighted by atomic mass is 9.95. The minimum absolute atomic E-state index is 0.0869. The van der Waals surface area contributed by atoms with Gasteiger partial charge in [-0.2, -0.15) is 0 Å². The van der Waals surface area contributed by atoms with Gasteiger partial charge in [0.15, 0.2) is 0 Å². The second kappa shape index (κ2) is 7.08. The van der Waals surface area contributed by atoms with Gasteiger partial charge in [-0.1, -0.05) is 15.9 Å². The van der Waals surface area contributed by atoms with Crippen LogP contribution in [0.5, 0.6) is 0 Å². The van der Waals surface area contributed by atoms with Crippen LogP contribution in [-0.2, 0) is 4.79 Å². The molecule has 0 atom stereocenters. The summed E-state index contributed by atoms with van der Waals surface area (Å²) in [6, 6.07) is 8.57. The Morgan fingerprint density at radius 1 is 1.22 bits per heavy atom. The Bertz CT molecular complexity index is 687. The van der Waals surface area contributed by atoms with Crippen LogP contribution in [0.3, 0.4) is 0 Å². The molecule has 1 aliphatic heterocycles. The number of nitrogens with one attached hydrogen (secondary N) is 1. The fraction of sp³-hybridized carbons (Fsp3) is 0.294. The lowest BCUT2D eigenvalue weighted by molar-refractivity contribution is -0.120. The van der Waals surface area contributed by atoms with Gasteiger partial charge in [0, 0.05) is 41.6 Å². The number of piperidine rings is 1. The summed E-state index contributed by atoms with van der Waals surface area (Å²) >= 11 is 3.21. The van der Waals surface area contributed by atoms with E-state index in [1.165, 1.54) is 6.07 Å². The second-order valence-corrected chi connectivity index (χ2v) is 6.50. The smallest absolute Gasteiger partial charge is 0.227 e. The first kappa shape index (κ1) is 15.9. The summed E-state index contributed by atoms with van der Waals surface area (Å²) in [5, 5.41) is 2.70. The summed E-state index contributed by atoms with van der Waals surface area (Å²) in [6.45, 7) is 1.62. The predicted octanol–water partition coefficient (Wildman–Crippen LogP) is 3.84. The average Bonchev–Trinajstić information content (AvgIpc) is 2.58. The normalized spacial score (nSPS) is 15.5. The monoisotopic (exact) mass is 377 g/mol. The Morgan fingerprint density at radius 3 is 2.57 bits per heavy atom. The number of carbonyl (C=O) groups is 1. The van der Waals surface area contributed by atoms with E-state index in [4.69, 9.17) is 0 Å². The molecule has 1 saturated heterocycles. The van der Waals surface area contributed by atoms with Crippen LogP contribution in [0.1, 0.15) is 12.8 Å². The van der Waals surface area contributed by atoms with Crippen molar-refractivity contribution in [1.29, 1.82) is 0 Å². The van der Waals surface area contributed by atoms with Gasteiger partial charge in [0.1, 0.15) is 5.82 Å². The van der Waals surface area contributed by atoms with E-state index in [-0.39, 0.29) is 17.5 Å². The Labute approximate surface area is 142 Å². The van der Waals surface area contributed by atoms with Gasteiger partial charge in [-0.15, -0.1) is 0 Å². The number of rotatable bonds is 3. The number of nitrogens with zero attached hydrogens (tertiary/aromatic N) is 2. The highest BCUT2D eigenvalue weighted by Crippen LogP contribution is 2.25. The van der Waals surface area contributed by atoms with Gasteiger partial charge in [-0.3, -0.25) is 9.78 Å². The quantitative estimate of drug-likeness (QED) is 0.883. The van der Waals surface area contributed by atoms with E-state index in [1.54, 1.807) is 24.5 Å². The first-order valence-electron chi connectivity index (χ1n) is 7.54. The van der Waals surface area contributed by atoms with Crippen LogP contribution in [0, 0.1) is 11.7 Å². The number of halogens is 2. The molecule has 4 nitrogen and oxygen atoms in total. The van der Waals surface area contributed by atoms with Gasteiger partial charge >= 0.3 is 0 Å². The van der Waals surface area contributed by atoms with Crippen molar-refractivity contribution in [1.82, 2.24) is 4.98 Å². The van der Waals surface area contributed by atoms with Crippen LogP contribution >= 0.6 is 15.9 Å². The first-order chi connectivity index (χ1) is 11.1. The van der Waals surface area contributed by atoms with E-state index >= 15 is 0 Å². The molecular weight excluding hydrogens is 361 g/mol. The molecule has 1 fully saturated rings. The molecule has 1 aromatic heterocycles. The van der Waals surface area contributed by atoms with Gasteiger partial charge in [0.2, 0.25) is 5.91 Å². The Hall–Kier alpha value is -1.95. The number of benzene rings is 1. The molecule has 1 aliphatic rings. The standard InChI is InChI=1S/C17H17BrFN3O/c18-13-1-2-16(15(19)11-13)21-17(23)12-5-9-22(10-6-12)14-3-7-20-8-4-14/h1-4,7-8,11-12H,5-6,9-10H2,(H,21,23). The van der Waals surface area contributed by atoms with E-state index in [0.717, 1.165) is 31.6 Å². The minimum atomic E-state index is -0.429. The fourth-order valence-corrected chi connectivity index (χ4v) is 3.11. The molecule has 0 radical (unpaired) electrons. The van der Waals surface area contributed by atoms with Crippen LogP contribution in [0.15, 0.2) is 47.2 Å². The minimum Gasteiger partial charge on any atom is -0.371 e. The van der Waals surface area contributed by atoms with Gasteiger partial charge in [-0.25, -0.2) is 4.39 Å². The van der Waals surface area contributed by atoms with Crippen molar-refractivity contribution in [3.63, 3.8) is 0 Å². The summed E-state index contributed by atoms with van der Waals surface area (Å²) in [5.74, 6) is -0.626. The third-order valence-electron chi connectivity index (χ3n) is 4.08. The molecule has 23 heavy (non-hydrogen) atoms. The molecule has 0 saturated carbocycles. The summed E-state index contributed by atoms with van der Waals surface area (Å²) in [6.07, 6.45) is 5.05. The van der Waals surface area contributed by atoms with E-state index in [0.29, 0.717) is 4.47 Å². The zero-order valence-corrected chi connectivity index (χ0v) is 14.1. The zero-order valence-electron chi connectivity index (χ0n) is 12.5. The van der Waals surface area contributed by atoms with Crippen molar-refractivity contribution in [2.45, 2.75) is 12.8 Å². The SMILES string of the molecule is O=C(Nc1ccc(Br)cc1F)C1CCN(c2ccncc2)CC1. The summed E-state index contributed by atoms with van der Waals surface area (Å²) in [5.41, 5.74) is 1.35. The Morgan fingerprint density at radius 2 is 1.91 bits per heavy atom. The van der Waals surface area contributed by atoms with Gasteiger partial charge in [0.05, 0.1) is 5.69 Å². The van der Waals surface area contributed by atoms with Crippen molar-refractivity contribution in [3.8, 4) is 0 Å². The Kier molecular flexibility index (Phi) is 4.91. The van der Waals surface area contributed by atoms with E-state index in [2.05, 4.69) is 31.1 Å². The molecule has 0 aliphatic carbocycles. The van der Waals surface area contributed by atoms with Gasteiger partial charge < -0.3 is 10.2 Å². The number of pyridine rings is 1. The molecule has 2 aromatic rings. The molecular formula is C17H17BrFN3O. The molecule has 1 amide bonds. The largest absolute Gasteiger partial charge is 0.371 e. The van der Waals surface area contributed by atoms with E-state index in [1.807, 2.05) is 12.1 Å². The van der Waals surface area contributed by atoms with Gasteiger partial charge in [0.25, 0.3) is 0 Å². The number of amides is 1. The van der Waals surface area contributed by atoms with Crippen LogP contribution in [0.4, 0.5) is 15.8 Å². The second-order valence-electron chi connectivity index (χ2n) is 5.58. The van der Waals surface area contributed by atoms with Crippen LogP contribution in [-0.4, -0.2) is 24.0 Å². The van der Waals surface area contributed by atoms with E-state index in [9.17, 15) is 9.18 Å². The molecule has 1 aromatic carbocycles. The summed E-state index contributed by atoms with van der Waals surface area (Å²) in [7, 11) is 0. The lowest BCUT2D eigenvalue weighted by Gasteiger charge is -2.32. The van der Waals surface area contributed by atoms with Gasteiger partial charge in [-0.05, 0) is 43.2 Å². The highest BCUT2D eigenvalue weighted by Gasteiger charge is 2.25. The van der Waals surface area contributed by atoms with E-state index < -0.39 is 5.82 Å². The highest BCUT2D eigenvalue weighted by atomic mass is 79.9. The maximum absolute atomic E-state index is 13.8. The van der Waals surface area contributed by atoms with Crippen LogP contribution < -0.4 is 10.2 Å². The number of hydrogen-bond acceptors (Lipinski definition) is 3. The third kappa shape index (κ3) is 3.88. The average molecular weight is 378 g/mol. The third-order valence-corrected chi connectivity index (χ3v) is 4.58. The lowest BCUT2D eigenvalue weighted by Crippen LogP contribution is -2.38. The highest BCUT2D eigenvalue weighted by molar-refractivity contribution is 9.10. The zero-order chi connectivity index (χ0) is 16.2. The van der Waals surface area contributed by atoms with Crippen molar-refractivity contribution in [3.05, 3.63) is 53.0 Å². The predicted molar refractivity (Wildman–Crippen MR) is 91.9 cm³/mol. The fourth-order valence-electron chi connectivity index (χ4n) is 2.78. The van der Waals surface area contributed by atoms with Crippen molar-refractivity contribution < 1.29 is 9.18 Å². The molecule has 1 N–H and O–H groups in total. The molecule has 6 heteroatoms. The topological polar surface area (TPSA) is 45.2 Å². The number of anilines is 2. The number of aromatic nitrogens is 1. The summed E-state index contributed by atoms with van der Waals surface area (Å²) < 4.78 is 14.5. The number of carbonyl (C=O) groups excluding carboxylic acids is 1. The summed E-state index contributed by atoms with van der Waals surface area (Å²) in [4.78, 5) is 18.6. The maximum atomic E-state index is 13.8.